The predicted molar refractivity (Wildman–Crippen MR) is 138 cm³/mol. The van der Waals surface area contributed by atoms with Crippen molar-refractivity contribution in [3.05, 3.63) is 104 Å². The predicted octanol–water partition coefficient (Wildman–Crippen LogP) is 5.76. The van der Waals surface area contributed by atoms with Crippen LogP contribution in [0.15, 0.2) is 89.7 Å². The number of benzene rings is 4. The third-order valence-electron chi connectivity index (χ3n) is 5.45. The van der Waals surface area contributed by atoms with Gasteiger partial charge in [-0.2, -0.15) is 0 Å². The molecule has 5 rings (SSSR count). The molecule has 158 valence electrons. The number of hydrogen-bond donors (Lipinski definition) is 1. The molecule has 0 aliphatic carbocycles. The van der Waals surface area contributed by atoms with E-state index in [1.807, 2.05) is 84.9 Å². The molecular formula is C26H20IN3O2. The van der Waals surface area contributed by atoms with Gasteiger partial charge in [0.15, 0.2) is 0 Å². The lowest BCUT2D eigenvalue weighted by atomic mass is 10.1. The van der Waals surface area contributed by atoms with Gasteiger partial charge in [-0.1, -0.05) is 48.5 Å². The molecule has 4 aromatic carbocycles. The lowest BCUT2D eigenvalue weighted by Crippen LogP contribution is -2.24. The molecule has 0 saturated heterocycles. The highest BCUT2D eigenvalue weighted by Crippen LogP contribution is 2.25. The minimum atomic E-state index is -0.0953. The van der Waals surface area contributed by atoms with Gasteiger partial charge in [0, 0.05) is 15.5 Å². The van der Waals surface area contributed by atoms with E-state index in [1.165, 1.54) is 0 Å². The van der Waals surface area contributed by atoms with Crippen LogP contribution < -0.4 is 15.6 Å². The van der Waals surface area contributed by atoms with Crippen LogP contribution in [0.3, 0.4) is 0 Å². The summed E-state index contributed by atoms with van der Waals surface area (Å²) in [6, 6.07) is 27.6. The van der Waals surface area contributed by atoms with Gasteiger partial charge < -0.3 is 10.1 Å². The second-order valence-electron chi connectivity index (χ2n) is 7.44. The quantitative estimate of drug-likeness (QED) is 0.292. The summed E-state index contributed by atoms with van der Waals surface area (Å²) >= 11 is 2.22. The van der Waals surface area contributed by atoms with Gasteiger partial charge in [0.25, 0.3) is 5.56 Å². The molecule has 0 unspecified atom stereocenters. The van der Waals surface area contributed by atoms with E-state index < -0.39 is 0 Å². The van der Waals surface area contributed by atoms with E-state index in [0.29, 0.717) is 23.4 Å². The topological polar surface area (TPSA) is 56.1 Å². The van der Waals surface area contributed by atoms with Crippen molar-refractivity contribution >= 4 is 50.2 Å². The molecule has 1 aromatic heterocycles. The average Bonchev–Trinajstić information content (AvgIpc) is 2.83. The monoisotopic (exact) mass is 533 g/mol. The van der Waals surface area contributed by atoms with E-state index in [0.717, 1.165) is 31.3 Å². The Balaban J connectivity index is 1.68. The van der Waals surface area contributed by atoms with Crippen molar-refractivity contribution in [2.45, 2.75) is 6.54 Å². The Kier molecular flexibility index (Phi) is 5.53. The maximum Gasteiger partial charge on any atom is 0.267 e. The van der Waals surface area contributed by atoms with Gasteiger partial charge >= 0.3 is 0 Å². The number of rotatable bonds is 5. The first-order valence-electron chi connectivity index (χ1n) is 10.2. The van der Waals surface area contributed by atoms with Gasteiger partial charge in [0.1, 0.15) is 5.75 Å². The summed E-state index contributed by atoms with van der Waals surface area (Å²) in [7, 11) is 1.65. The summed E-state index contributed by atoms with van der Waals surface area (Å²) in [6.07, 6.45) is 0. The molecule has 0 radical (unpaired) electrons. The molecule has 0 atom stereocenters. The van der Waals surface area contributed by atoms with Gasteiger partial charge in [0.2, 0.25) is 5.95 Å². The van der Waals surface area contributed by atoms with E-state index in [2.05, 4.69) is 27.9 Å². The van der Waals surface area contributed by atoms with Crippen LogP contribution in [0.1, 0.15) is 5.56 Å². The summed E-state index contributed by atoms with van der Waals surface area (Å²) in [5.41, 5.74) is 2.44. The van der Waals surface area contributed by atoms with E-state index in [9.17, 15) is 4.79 Å². The highest BCUT2D eigenvalue weighted by molar-refractivity contribution is 14.1. The smallest absolute Gasteiger partial charge is 0.267 e. The average molecular weight is 533 g/mol. The van der Waals surface area contributed by atoms with Crippen LogP contribution >= 0.6 is 22.6 Å². The molecule has 1 N–H and O–H groups in total. The summed E-state index contributed by atoms with van der Waals surface area (Å²) in [4.78, 5) is 18.5. The van der Waals surface area contributed by atoms with Gasteiger partial charge in [-0.15, -0.1) is 0 Å². The molecular weight excluding hydrogens is 513 g/mol. The Hall–Kier alpha value is -3.39. The van der Waals surface area contributed by atoms with Crippen molar-refractivity contribution in [3.63, 3.8) is 0 Å². The minimum absolute atomic E-state index is 0.0953. The fraction of sp³-hybridized carbons (Fsp3) is 0.0769. The zero-order valence-electron chi connectivity index (χ0n) is 17.4. The fourth-order valence-electron chi connectivity index (χ4n) is 3.83. The molecule has 0 aliphatic heterocycles. The van der Waals surface area contributed by atoms with Crippen molar-refractivity contribution in [3.8, 4) is 11.4 Å². The third-order valence-corrected chi connectivity index (χ3v) is 6.12. The molecule has 32 heavy (non-hydrogen) atoms. The Labute approximate surface area is 198 Å². The van der Waals surface area contributed by atoms with Crippen LogP contribution in [-0.4, -0.2) is 16.7 Å². The fourth-order valence-corrected chi connectivity index (χ4v) is 4.32. The summed E-state index contributed by atoms with van der Waals surface area (Å²) < 4.78 is 7.93. The SMILES string of the molecule is COc1ccc(CNc2nc3ccc(I)cc3c(=O)n2-c2cccc3ccccc23)cc1. The van der Waals surface area contributed by atoms with E-state index in [-0.39, 0.29) is 5.56 Å². The zero-order chi connectivity index (χ0) is 22.1. The standard InChI is InChI=1S/C26H20IN3O2/c1-32-20-12-9-17(10-13-20)16-28-26-29-23-14-11-19(27)15-22(23)25(31)30(26)24-8-4-6-18-5-2-3-7-21(18)24/h2-15H,16H2,1H3,(H,28,29). The zero-order valence-corrected chi connectivity index (χ0v) is 19.5. The normalized spacial score (nSPS) is 11.1. The van der Waals surface area contributed by atoms with Gasteiger partial charge in [-0.05, 0) is 69.9 Å². The number of halogens is 1. The van der Waals surface area contributed by atoms with Crippen molar-refractivity contribution in [2.24, 2.45) is 0 Å². The van der Waals surface area contributed by atoms with Gasteiger partial charge in [0.05, 0.1) is 23.7 Å². The molecule has 0 spiro atoms. The molecule has 0 saturated carbocycles. The van der Waals surface area contributed by atoms with E-state index in [4.69, 9.17) is 9.72 Å². The van der Waals surface area contributed by atoms with Crippen LogP contribution in [0.2, 0.25) is 0 Å². The second kappa shape index (κ2) is 8.63. The maximum atomic E-state index is 13.7. The number of anilines is 1. The van der Waals surface area contributed by atoms with Crippen molar-refractivity contribution in [1.82, 2.24) is 9.55 Å². The summed E-state index contributed by atoms with van der Waals surface area (Å²) in [6.45, 7) is 0.525. The summed E-state index contributed by atoms with van der Waals surface area (Å²) in [5.74, 6) is 1.32. The molecule has 1 heterocycles. The first kappa shape index (κ1) is 20.5. The Bertz CT molecular complexity index is 1490. The van der Waals surface area contributed by atoms with Crippen molar-refractivity contribution in [1.29, 1.82) is 0 Å². The van der Waals surface area contributed by atoms with Crippen molar-refractivity contribution < 1.29 is 4.74 Å². The lowest BCUT2D eigenvalue weighted by molar-refractivity contribution is 0.414. The number of methoxy groups -OCH3 is 1. The lowest BCUT2D eigenvalue weighted by Gasteiger charge is -2.17. The van der Waals surface area contributed by atoms with Crippen LogP contribution in [0.25, 0.3) is 27.4 Å². The molecule has 0 aliphatic rings. The van der Waals surface area contributed by atoms with Crippen LogP contribution in [0.4, 0.5) is 5.95 Å². The Morgan fingerprint density at radius 3 is 2.53 bits per heavy atom. The number of aromatic nitrogens is 2. The largest absolute Gasteiger partial charge is 0.497 e. The number of nitrogens with zero attached hydrogens (tertiary/aromatic N) is 2. The van der Waals surface area contributed by atoms with E-state index in [1.54, 1.807) is 11.7 Å². The van der Waals surface area contributed by atoms with Crippen molar-refractivity contribution in [2.75, 3.05) is 12.4 Å². The van der Waals surface area contributed by atoms with E-state index >= 15 is 0 Å². The number of hydrogen-bond acceptors (Lipinski definition) is 4. The number of ether oxygens (including phenoxy) is 1. The molecule has 5 nitrogen and oxygen atoms in total. The van der Waals surface area contributed by atoms with Crippen LogP contribution in [0, 0.1) is 3.57 Å². The second-order valence-corrected chi connectivity index (χ2v) is 8.68. The highest BCUT2D eigenvalue weighted by Gasteiger charge is 2.15. The maximum absolute atomic E-state index is 13.7. The Morgan fingerprint density at radius 2 is 1.72 bits per heavy atom. The molecule has 0 bridgehead atoms. The van der Waals surface area contributed by atoms with Gasteiger partial charge in [-0.3, -0.25) is 4.79 Å². The number of nitrogens with one attached hydrogen (secondary N) is 1. The first-order valence-corrected chi connectivity index (χ1v) is 11.3. The first-order chi connectivity index (χ1) is 15.6. The third kappa shape index (κ3) is 3.82. The molecule has 0 amide bonds. The van der Waals surface area contributed by atoms with Crippen LogP contribution in [0.5, 0.6) is 5.75 Å². The minimum Gasteiger partial charge on any atom is -0.497 e. The molecule has 5 aromatic rings. The van der Waals surface area contributed by atoms with Crippen LogP contribution in [-0.2, 0) is 6.54 Å². The number of fused-ring (bicyclic) bond motifs is 2. The molecule has 6 heteroatoms. The van der Waals surface area contributed by atoms with Gasteiger partial charge in [-0.25, -0.2) is 9.55 Å². The Morgan fingerprint density at radius 1 is 0.938 bits per heavy atom. The summed E-state index contributed by atoms with van der Waals surface area (Å²) in [5, 5.41) is 6.05. The molecule has 0 fully saturated rings. The highest BCUT2D eigenvalue weighted by atomic mass is 127.